The molecule has 0 heterocycles. The van der Waals surface area contributed by atoms with Gasteiger partial charge in [-0.05, 0) is 31.2 Å². The molecule has 0 spiro atoms. The molecule has 11 heteroatoms. The van der Waals surface area contributed by atoms with E-state index in [0.29, 0.717) is 18.6 Å². The average molecular weight is 380 g/mol. The van der Waals surface area contributed by atoms with Gasteiger partial charge >= 0.3 is 12.4 Å². The summed E-state index contributed by atoms with van der Waals surface area (Å²) in [4.78, 5) is 11.8. The molecule has 0 radical (unpaired) electrons. The van der Waals surface area contributed by atoms with Gasteiger partial charge in [0.25, 0.3) is 5.91 Å². The van der Waals surface area contributed by atoms with E-state index in [1.165, 1.54) is 0 Å². The Morgan fingerprint density at radius 1 is 1.04 bits per heavy atom. The Labute approximate surface area is 140 Å². The molecule has 24 heavy (non-hydrogen) atoms. The molecule has 0 aliphatic carbocycles. The van der Waals surface area contributed by atoms with Crippen molar-refractivity contribution in [3.63, 3.8) is 0 Å². The van der Waals surface area contributed by atoms with E-state index in [2.05, 4.69) is 5.32 Å². The largest absolute Gasteiger partial charge is 0.416 e. The highest BCUT2D eigenvalue weighted by molar-refractivity contribution is 5.94. The van der Waals surface area contributed by atoms with Crippen molar-refractivity contribution in [2.75, 3.05) is 13.1 Å². The minimum absolute atomic E-state index is 0. The summed E-state index contributed by atoms with van der Waals surface area (Å²) in [6.45, 7) is 0.118. The number of nitrogens with two attached hydrogens (primary N) is 2. The Hall–Kier alpha value is -1.52. The second-order valence-corrected chi connectivity index (χ2v) is 4.84. The fourth-order valence-electron chi connectivity index (χ4n) is 1.73. The normalized spacial score (nSPS) is 13.2. The molecule has 138 valence electrons. The zero-order chi connectivity index (χ0) is 17.8. The maximum atomic E-state index is 12.7. The van der Waals surface area contributed by atoms with Crippen molar-refractivity contribution >= 4 is 18.3 Å². The fraction of sp³-hybridized carbons (Fsp3) is 0.462. The van der Waals surface area contributed by atoms with E-state index in [4.69, 9.17) is 11.5 Å². The minimum Gasteiger partial charge on any atom is -0.350 e. The predicted molar refractivity (Wildman–Crippen MR) is 77.7 cm³/mol. The summed E-state index contributed by atoms with van der Waals surface area (Å²) in [5, 5.41) is 2.19. The molecule has 0 saturated carbocycles. The number of benzene rings is 1. The predicted octanol–water partition coefficient (Wildman–Crippen LogP) is 2.55. The van der Waals surface area contributed by atoms with E-state index < -0.39 is 41.0 Å². The van der Waals surface area contributed by atoms with Crippen molar-refractivity contribution in [3.8, 4) is 0 Å². The highest BCUT2D eigenvalue weighted by atomic mass is 35.5. The van der Waals surface area contributed by atoms with Gasteiger partial charge < -0.3 is 16.8 Å². The van der Waals surface area contributed by atoms with Gasteiger partial charge in [0.2, 0.25) is 0 Å². The third-order valence-corrected chi connectivity index (χ3v) is 2.91. The number of halogens is 7. The lowest BCUT2D eigenvalue weighted by atomic mass is 10.0. The second-order valence-electron chi connectivity index (χ2n) is 4.84. The quantitative estimate of drug-likeness (QED) is 0.688. The van der Waals surface area contributed by atoms with Crippen molar-refractivity contribution in [1.82, 2.24) is 5.32 Å². The van der Waals surface area contributed by atoms with Crippen LogP contribution in [0.25, 0.3) is 0 Å². The van der Waals surface area contributed by atoms with Crippen LogP contribution in [0.3, 0.4) is 0 Å². The molecule has 1 aromatic rings. The second kappa shape index (κ2) is 8.54. The van der Waals surface area contributed by atoms with Gasteiger partial charge in [0.05, 0.1) is 11.1 Å². The number of nitrogens with one attached hydrogen (secondary N) is 1. The number of carbonyl (C=O) groups is 1. The molecule has 1 aromatic carbocycles. The summed E-state index contributed by atoms with van der Waals surface area (Å²) < 4.78 is 76.1. The highest BCUT2D eigenvalue weighted by Gasteiger charge is 2.37. The third kappa shape index (κ3) is 6.54. The van der Waals surface area contributed by atoms with Gasteiger partial charge in [-0.25, -0.2) is 0 Å². The molecule has 4 nitrogen and oxygen atoms in total. The van der Waals surface area contributed by atoms with Gasteiger partial charge in [-0.15, -0.1) is 12.4 Å². The molecule has 0 aliphatic rings. The van der Waals surface area contributed by atoms with Crippen molar-refractivity contribution in [2.45, 2.75) is 24.8 Å². The Balaban J connectivity index is 0.00000529. The fourth-order valence-corrected chi connectivity index (χ4v) is 1.73. The summed E-state index contributed by atoms with van der Waals surface area (Å²) in [6.07, 6.45) is -9.67. The SMILES string of the molecule is Cl.NCCC(N)CNC(=O)c1cc(C(F)(F)F)cc(C(F)(F)F)c1. The molecule has 0 bridgehead atoms. The smallest absolute Gasteiger partial charge is 0.350 e. The molecule has 0 aliphatic heterocycles. The molecular weight excluding hydrogens is 364 g/mol. The number of rotatable bonds is 5. The van der Waals surface area contributed by atoms with Gasteiger partial charge in [0.15, 0.2) is 0 Å². The van der Waals surface area contributed by atoms with E-state index in [1.54, 1.807) is 0 Å². The van der Waals surface area contributed by atoms with Crippen LogP contribution in [0.5, 0.6) is 0 Å². The number of carbonyl (C=O) groups excluding carboxylic acids is 1. The van der Waals surface area contributed by atoms with Gasteiger partial charge in [-0.1, -0.05) is 0 Å². The standard InChI is InChI=1S/C13H15F6N3O.ClH/c14-12(15,16)8-3-7(4-9(5-8)13(17,18)19)11(23)22-6-10(21)1-2-20;/h3-5,10H,1-2,6,20-21H2,(H,22,23);1H. The van der Waals surface area contributed by atoms with Crippen LogP contribution in [0.4, 0.5) is 26.3 Å². The molecule has 0 saturated heterocycles. The zero-order valence-electron chi connectivity index (χ0n) is 12.2. The van der Waals surface area contributed by atoms with Crippen LogP contribution >= 0.6 is 12.4 Å². The first-order chi connectivity index (χ1) is 10.4. The first-order valence-corrected chi connectivity index (χ1v) is 6.48. The van der Waals surface area contributed by atoms with Gasteiger partial charge in [-0.2, -0.15) is 26.3 Å². The van der Waals surface area contributed by atoms with Crippen LogP contribution in [0.15, 0.2) is 18.2 Å². The molecule has 1 atom stereocenters. The Morgan fingerprint density at radius 2 is 1.50 bits per heavy atom. The first-order valence-electron chi connectivity index (χ1n) is 6.48. The summed E-state index contributed by atoms with van der Waals surface area (Å²) in [5.74, 6) is -1.07. The van der Waals surface area contributed by atoms with E-state index in [1.807, 2.05) is 0 Å². The summed E-state index contributed by atoms with van der Waals surface area (Å²) in [5.41, 5.74) is 6.95. The van der Waals surface area contributed by atoms with Crippen LogP contribution in [0, 0.1) is 0 Å². The van der Waals surface area contributed by atoms with E-state index in [-0.39, 0.29) is 31.6 Å². The van der Waals surface area contributed by atoms with Crippen LogP contribution in [0.1, 0.15) is 27.9 Å². The molecule has 0 aromatic heterocycles. The molecule has 5 N–H and O–H groups in total. The number of alkyl halides is 6. The summed E-state index contributed by atoms with van der Waals surface area (Å²) in [6, 6.07) is 0.131. The van der Waals surface area contributed by atoms with E-state index in [9.17, 15) is 31.1 Å². The van der Waals surface area contributed by atoms with Crippen molar-refractivity contribution in [3.05, 3.63) is 34.9 Å². The topological polar surface area (TPSA) is 81.1 Å². The van der Waals surface area contributed by atoms with Gasteiger partial charge in [0.1, 0.15) is 0 Å². The average Bonchev–Trinajstić information content (AvgIpc) is 2.42. The number of amides is 1. The van der Waals surface area contributed by atoms with Crippen LogP contribution in [0.2, 0.25) is 0 Å². The Bertz CT molecular complexity index is 529. The van der Waals surface area contributed by atoms with Gasteiger partial charge in [0, 0.05) is 18.2 Å². The van der Waals surface area contributed by atoms with E-state index >= 15 is 0 Å². The first kappa shape index (κ1) is 22.5. The van der Waals surface area contributed by atoms with Crippen molar-refractivity contribution in [2.24, 2.45) is 11.5 Å². The summed E-state index contributed by atoms with van der Waals surface area (Å²) in [7, 11) is 0. The zero-order valence-corrected chi connectivity index (χ0v) is 13.0. The summed E-state index contributed by atoms with van der Waals surface area (Å²) >= 11 is 0. The lowest BCUT2D eigenvalue weighted by Gasteiger charge is -2.15. The highest BCUT2D eigenvalue weighted by Crippen LogP contribution is 2.36. The molecular formula is C13H16ClF6N3O. The van der Waals surface area contributed by atoms with Crippen LogP contribution in [-0.2, 0) is 12.4 Å². The molecule has 1 rings (SSSR count). The van der Waals surface area contributed by atoms with Crippen molar-refractivity contribution < 1.29 is 31.1 Å². The number of hydrogen-bond acceptors (Lipinski definition) is 3. The maximum absolute atomic E-state index is 12.7. The van der Waals surface area contributed by atoms with Crippen molar-refractivity contribution in [1.29, 1.82) is 0 Å². The molecule has 0 fully saturated rings. The lowest BCUT2D eigenvalue weighted by molar-refractivity contribution is -0.143. The van der Waals surface area contributed by atoms with Crippen LogP contribution < -0.4 is 16.8 Å². The molecule has 1 amide bonds. The van der Waals surface area contributed by atoms with Gasteiger partial charge in [-0.3, -0.25) is 4.79 Å². The number of hydrogen-bond donors (Lipinski definition) is 3. The van der Waals surface area contributed by atoms with Crippen LogP contribution in [-0.4, -0.2) is 25.0 Å². The maximum Gasteiger partial charge on any atom is 0.416 e. The molecule has 1 unspecified atom stereocenters. The monoisotopic (exact) mass is 379 g/mol. The Kier molecular flexibility index (Phi) is 8.00. The Morgan fingerprint density at radius 3 is 1.88 bits per heavy atom. The lowest BCUT2D eigenvalue weighted by Crippen LogP contribution is -2.38. The van der Waals surface area contributed by atoms with E-state index in [0.717, 1.165) is 0 Å². The minimum atomic E-state index is -5.01. The third-order valence-electron chi connectivity index (χ3n) is 2.91.